The summed E-state index contributed by atoms with van der Waals surface area (Å²) in [4.78, 5) is 0. The van der Waals surface area contributed by atoms with E-state index >= 15 is 4.39 Å². The van der Waals surface area contributed by atoms with Gasteiger partial charge in [-0.1, -0.05) is 99.4 Å². The Morgan fingerprint density at radius 1 is 0.806 bits per heavy atom. The summed E-state index contributed by atoms with van der Waals surface area (Å²) >= 11 is 0. The number of halogens is 2. The average molecular weight is 489 g/mol. The van der Waals surface area contributed by atoms with Crippen molar-refractivity contribution in [2.75, 3.05) is 0 Å². The second-order valence-electron chi connectivity index (χ2n) is 10.7. The molecule has 2 aliphatic rings. The molecule has 2 aromatic carbocycles. The van der Waals surface area contributed by atoms with Crippen LogP contribution in [-0.4, -0.2) is 0 Å². The predicted molar refractivity (Wildman–Crippen MR) is 150 cm³/mol. The lowest BCUT2D eigenvalue weighted by molar-refractivity contribution is 0.445. The van der Waals surface area contributed by atoms with Crippen LogP contribution < -0.4 is 0 Å². The monoisotopic (exact) mass is 488 g/mol. The molecule has 0 saturated heterocycles. The van der Waals surface area contributed by atoms with Gasteiger partial charge in [-0.2, -0.15) is 0 Å². The van der Waals surface area contributed by atoms with E-state index < -0.39 is 11.6 Å². The molecule has 0 spiro atoms. The second kappa shape index (κ2) is 13.2. The van der Waals surface area contributed by atoms with Crippen molar-refractivity contribution in [3.63, 3.8) is 0 Å². The van der Waals surface area contributed by atoms with Gasteiger partial charge < -0.3 is 0 Å². The quantitative estimate of drug-likeness (QED) is 0.292. The zero-order valence-electron chi connectivity index (χ0n) is 22.2. The first-order valence-corrected chi connectivity index (χ1v) is 14.2. The Morgan fingerprint density at radius 3 is 2.28 bits per heavy atom. The Balaban J connectivity index is 1.34. The molecule has 0 aliphatic heterocycles. The highest BCUT2D eigenvalue weighted by Gasteiger charge is 2.17. The fourth-order valence-corrected chi connectivity index (χ4v) is 5.85. The van der Waals surface area contributed by atoms with Gasteiger partial charge in [-0.25, -0.2) is 8.78 Å². The van der Waals surface area contributed by atoms with E-state index in [0.717, 1.165) is 37.2 Å². The number of rotatable bonds is 10. The largest absolute Gasteiger partial charge is 0.203 e. The second-order valence-corrected chi connectivity index (χ2v) is 10.7. The van der Waals surface area contributed by atoms with Gasteiger partial charge in [-0.3, -0.25) is 0 Å². The van der Waals surface area contributed by atoms with E-state index in [0.29, 0.717) is 23.5 Å². The summed E-state index contributed by atoms with van der Waals surface area (Å²) in [7, 11) is 0. The van der Waals surface area contributed by atoms with Crippen LogP contribution in [0.25, 0.3) is 16.7 Å². The van der Waals surface area contributed by atoms with Gasteiger partial charge in [0, 0.05) is 5.56 Å². The molecular formula is C34H42F2. The van der Waals surface area contributed by atoms with Gasteiger partial charge in [0.2, 0.25) is 0 Å². The summed E-state index contributed by atoms with van der Waals surface area (Å²) < 4.78 is 29.9. The standard InChI is InChI=1S/C34H42F2/c1-3-7-25-11-13-27(14-12-25)9-5-6-10-31-23-24-32(34(36)33(31)35)30-21-19-29(20-22-30)28-17-15-26(8-4-2)16-18-28/h5,9,11,17,19-24,26-27H,3-4,6-8,10,12-16,18H2,1-2H3. The minimum absolute atomic E-state index is 0.343. The number of allylic oxidation sites excluding steroid dienone is 6. The van der Waals surface area contributed by atoms with Crippen molar-refractivity contribution in [2.45, 2.75) is 90.9 Å². The van der Waals surface area contributed by atoms with Crippen LogP contribution in [-0.2, 0) is 6.42 Å². The molecule has 2 aliphatic carbocycles. The SMILES string of the molecule is CCCC1=CCC(C=CCCc2ccc(-c3ccc(C4=CCC(CCC)CC4)cc3)c(F)c2F)CC1. The molecule has 0 fully saturated rings. The third-order valence-corrected chi connectivity index (χ3v) is 8.05. The van der Waals surface area contributed by atoms with Crippen LogP contribution in [0.15, 0.2) is 66.3 Å². The lowest BCUT2D eigenvalue weighted by Gasteiger charge is -2.21. The van der Waals surface area contributed by atoms with E-state index in [1.165, 1.54) is 56.1 Å². The summed E-state index contributed by atoms with van der Waals surface area (Å²) in [6.45, 7) is 4.48. The van der Waals surface area contributed by atoms with Gasteiger partial charge >= 0.3 is 0 Å². The number of hydrogen-bond donors (Lipinski definition) is 0. The smallest absolute Gasteiger partial charge is 0.166 e. The van der Waals surface area contributed by atoms with E-state index in [2.05, 4.69) is 50.3 Å². The van der Waals surface area contributed by atoms with Crippen molar-refractivity contribution in [2.24, 2.45) is 11.8 Å². The van der Waals surface area contributed by atoms with Crippen LogP contribution in [0.1, 0.15) is 95.6 Å². The van der Waals surface area contributed by atoms with Gasteiger partial charge in [-0.05, 0) is 91.9 Å². The van der Waals surface area contributed by atoms with Gasteiger partial charge in [0.25, 0.3) is 0 Å². The number of aryl methyl sites for hydroxylation is 1. The Bertz CT molecular complexity index is 1090. The predicted octanol–water partition coefficient (Wildman–Crippen LogP) is 10.6. The first-order valence-electron chi connectivity index (χ1n) is 14.2. The molecule has 2 heteroatoms. The molecule has 0 bridgehead atoms. The topological polar surface area (TPSA) is 0 Å². The molecular weight excluding hydrogens is 446 g/mol. The first-order chi connectivity index (χ1) is 17.6. The fourth-order valence-electron chi connectivity index (χ4n) is 5.85. The summed E-state index contributed by atoms with van der Waals surface area (Å²) in [5.41, 5.74) is 5.72. The van der Waals surface area contributed by atoms with E-state index in [4.69, 9.17) is 0 Å². The highest BCUT2D eigenvalue weighted by atomic mass is 19.2. The Hall–Kier alpha value is -2.48. The molecule has 0 heterocycles. The molecule has 36 heavy (non-hydrogen) atoms. The van der Waals surface area contributed by atoms with Crippen molar-refractivity contribution in [1.82, 2.24) is 0 Å². The zero-order chi connectivity index (χ0) is 25.3. The third kappa shape index (κ3) is 6.84. The van der Waals surface area contributed by atoms with Crippen molar-refractivity contribution in [3.05, 3.63) is 89.0 Å². The number of hydrogen-bond acceptors (Lipinski definition) is 0. The van der Waals surface area contributed by atoms with Crippen LogP contribution >= 0.6 is 0 Å². The van der Waals surface area contributed by atoms with Crippen LogP contribution in [0, 0.1) is 23.5 Å². The highest BCUT2D eigenvalue weighted by molar-refractivity contribution is 5.71. The molecule has 2 atom stereocenters. The first kappa shape index (κ1) is 26.6. The van der Waals surface area contributed by atoms with Crippen LogP contribution in [0.5, 0.6) is 0 Å². The maximum absolute atomic E-state index is 15.0. The normalized spacial score (nSPS) is 20.4. The molecule has 0 saturated carbocycles. The van der Waals surface area contributed by atoms with E-state index in [-0.39, 0.29) is 0 Å². The summed E-state index contributed by atoms with van der Waals surface area (Å²) in [5, 5.41) is 0. The Labute approximate surface area is 217 Å². The Morgan fingerprint density at radius 2 is 1.61 bits per heavy atom. The van der Waals surface area contributed by atoms with E-state index in [1.54, 1.807) is 17.7 Å². The van der Waals surface area contributed by atoms with Crippen molar-refractivity contribution < 1.29 is 8.78 Å². The van der Waals surface area contributed by atoms with Gasteiger partial charge in [0.1, 0.15) is 0 Å². The maximum Gasteiger partial charge on any atom is 0.166 e. The summed E-state index contributed by atoms with van der Waals surface area (Å²) in [5.74, 6) is -0.0388. The third-order valence-electron chi connectivity index (χ3n) is 8.05. The Kier molecular flexibility index (Phi) is 9.73. The molecule has 0 amide bonds. The van der Waals surface area contributed by atoms with Crippen LogP contribution in [0.4, 0.5) is 8.78 Å². The number of benzene rings is 2. The lowest BCUT2D eigenvalue weighted by Crippen LogP contribution is -2.05. The highest BCUT2D eigenvalue weighted by Crippen LogP contribution is 2.34. The molecule has 2 unspecified atom stereocenters. The fraction of sp³-hybridized carbons (Fsp3) is 0.471. The molecule has 0 aromatic heterocycles. The minimum Gasteiger partial charge on any atom is -0.203 e. The molecule has 0 nitrogen and oxygen atoms in total. The van der Waals surface area contributed by atoms with E-state index in [1.807, 2.05) is 12.1 Å². The van der Waals surface area contributed by atoms with Crippen LogP contribution in [0.2, 0.25) is 0 Å². The van der Waals surface area contributed by atoms with Gasteiger partial charge in [-0.15, -0.1) is 0 Å². The summed E-state index contributed by atoms with van der Waals surface area (Å²) in [6, 6.07) is 11.5. The van der Waals surface area contributed by atoms with Gasteiger partial charge in [0.15, 0.2) is 11.6 Å². The zero-order valence-corrected chi connectivity index (χ0v) is 22.2. The molecule has 0 N–H and O–H groups in total. The molecule has 0 radical (unpaired) electrons. The average Bonchev–Trinajstić information content (AvgIpc) is 2.91. The lowest BCUT2D eigenvalue weighted by atomic mass is 9.84. The van der Waals surface area contributed by atoms with Crippen molar-refractivity contribution in [1.29, 1.82) is 0 Å². The van der Waals surface area contributed by atoms with Crippen molar-refractivity contribution in [3.8, 4) is 11.1 Å². The molecule has 4 rings (SSSR count). The molecule has 192 valence electrons. The minimum atomic E-state index is -0.732. The van der Waals surface area contributed by atoms with Crippen LogP contribution in [0.3, 0.4) is 0 Å². The van der Waals surface area contributed by atoms with Crippen molar-refractivity contribution >= 4 is 5.57 Å². The molecule has 2 aromatic rings. The van der Waals surface area contributed by atoms with Gasteiger partial charge in [0.05, 0.1) is 0 Å². The summed E-state index contributed by atoms with van der Waals surface area (Å²) in [6.07, 6.45) is 22.5. The maximum atomic E-state index is 15.0. The van der Waals surface area contributed by atoms with E-state index in [9.17, 15) is 4.39 Å².